The minimum Gasteiger partial charge on any atom is -0.497 e. The van der Waals surface area contributed by atoms with E-state index in [-0.39, 0.29) is 12.3 Å². The van der Waals surface area contributed by atoms with Crippen molar-refractivity contribution in [1.29, 1.82) is 0 Å². The van der Waals surface area contributed by atoms with Gasteiger partial charge in [0.15, 0.2) is 0 Å². The van der Waals surface area contributed by atoms with Gasteiger partial charge in [0.25, 0.3) is 0 Å². The second-order valence-electron chi connectivity index (χ2n) is 3.88. The summed E-state index contributed by atoms with van der Waals surface area (Å²) in [6.45, 7) is 0. The van der Waals surface area contributed by atoms with Crippen LogP contribution in [0.5, 0.6) is 11.5 Å². The Morgan fingerprint density at radius 3 is 2.47 bits per heavy atom. The van der Waals surface area contributed by atoms with Crippen LogP contribution >= 0.6 is 0 Å². The quantitative estimate of drug-likeness (QED) is 0.803. The summed E-state index contributed by atoms with van der Waals surface area (Å²) in [5, 5.41) is 11.7. The minimum absolute atomic E-state index is 0.144. The molecule has 0 heterocycles. The van der Waals surface area contributed by atoms with Crippen molar-refractivity contribution in [3.63, 3.8) is 0 Å². The Balaban J connectivity index is 3.15. The SMILES string of the molecule is CNC(=O)CC(C(=O)O)c1ccc(OC)cc1OC. The number of ether oxygens (including phenoxy) is 2. The van der Waals surface area contributed by atoms with Crippen molar-refractivity contribution in [3.8, 4) is 11.5 Å². The lowest BCUT2D eigenvalue weighted by Gasteiger charge is -2.16. The van der Waals surface area contributed by atoms with Gasteiger partial charge in [-0.15, -0.1) is 0 Å². The van der Waals surface area contributed by atoms with E-state index in [0.29, 0.717) is 17.1 Å². The molecule has 1 aromatic rings. The summed E-state index contributed by atoms with van der Waals surface area (Å²) >= 11 is 0. The molecule has 6 nitrogen and oxygen atoms in total. The fourth-order valence-electron chi connectivity index (χ4n) is 1.72. The minimum atomic E-state index is -1.08. The number of rotatable bonds is 6. The molecule has 0 aliphatic carbocycles. The topological polar surface area (TPSA) is 84.9 Å². The highest BCUT2D eigenvalue weighted by atomic mass is 16.5. The number of carbonyl (C=O) groups excluding carboxylic acids is 1. The average molecular weight is 267 g/mol. The largest absolute Gasteiger partial charge is 0.497 e. The third-order valence-corrected chi connectivity index (χ3v) is 2.78. The van der Waals surface area contributed by atoms with Crippen LogP contribution in [0.15, 0.2) is 18.2 Å². The molecule has 104 valence electrons. The van der Waals surface area contributed by atoms with Gasteiger partial charge in [-0.25, -0.2) is 0 Å². The molecule has 0 spiro atoms. The molecular weight excluding hydrogens is 250 g/mol. The highest BCUT2D eigenvalue weighted by Crippen LogP contribution is 2.32. The molecule has 0 saturated heterocycles. The molecule has 1 amide bonds. The van der Waals surface area contributed by atoms with E-state index in [1.54, 1.807) is 18.2 Å². The van der Waals surface area contributed by atoms with E-state index in [9.17, 15) is 14.7 Å². The van der Waals surface area contributed by atoms with Crippen LogP contribution in [-0.4, -0.2) is 38.3 Å². The molecule has 0 bridgehead atoms. The fraction of sp³-hybridized carbons (Fsp3) is 0.385. The molecule has 0 aliphatic rings. The molecule has 1 aromatic carbocycles. The second-order valence-corrected chi connectivity index (χ2v) is 3.88. The highest BCUT2D eigenvalue weighted by molar-refractivity contribution is 5.86. The lowest BCUT2D eigenvalue weighted by atomic mass is 9.94. The molecule has 0 aromatic heterocycles. The summed E-state index contributed by atoms with van der Waals surface area (Å²) in [7, 11) is 4.41. The molecule has 0 saturated carbocycles. The van der Waals surface area contributed by atoms with Gasteiger partial charge in [0.1, 0.15) is 11.5 Å². The molecule has 0 aliphatic heterocycles. The van der Waals surface area contributed by atoms with Crippen molar-refractivity contribution >= 4 is 11.9 Å². The lowest BCUT2D eigenvalue weighted by molar-refractivity contribution is -0.140. The standard InChI is InChI=1S/C13H17NO5/c1-14-12(15)7-10(13(16)17)9-5-4-8(18-2)6-11(9)19-3/h4-6,10H,7H2,1-3H3,(H,14,15)(H,16,17). The van der Waals surface area contributed by atoms with Crippen LogP contribution in [0.4, 0.5) is 0 Å². The van der Waals surface area contributed by atoms with Crippen molar-refractivity contribution in [2.24, 2.45) is 0 Å². The van der Waals surface area contributed by atoms with Crippen molar-refractivity contribution in [3.05, 3.63) is 23.8 Å². The van der Waals surface area contributed by atoms with E-state index >= 15 is 0 Å². The van der Waals surface area contributed by atoms with Gasteiger partial charge in [0.2, 0.25) is 5.91 Å². The zero-order valence-electron chi connectivity index (χ0n) is 11.1. The first kappa shape index (κ1) is 14.8. The number of hydrogen-bond donors (Lipinski definition) is 2. The van der Waals surface area contributed by atoms with E-state index in [1.165, 1.54) is 21.3 Å². The monoisotopic (exact) mass is 267 g/mol. The maximum absolute atomic E-state index is 11.4. The van der Waals surface area contributed by atoms with E-state index in [4.69, 9.17) is 9.47 Å². The molecule has 1 atom stereocenters. The van der Waals surface area contributed by atoms with E-state index in [2.05, 4.69) is 5.32 Å². The first-order chi connectivity index (χ1) is 9.03. The number of carboxylic acid groups (broad SMARTS) is 1. The number of hydrogen-bond acceptors (Lipinski definition) is 4. The zero-order chi connectivity index (χ0) is 14.4. The van der Waals surface area contributed by atoms with Crippen LogP contribution in [-0.2, 0) is 9.59 Å². The van der Waals surface area contributed by atoms with E-state index < -0.39 is 11.9 Å². The smallest absolute Gasteiger partial charge is 0.311 e. The Morgan fingerprint density at radius 1 is 1.32 bits per heavy atom. The molecule has 2 N–H and O–H groups in total. The normalized spacial score (nSPS) is 11.5. The Kier molecular flexibility index (Phi) is 5.17. The Labute approximate surface area is 111 Å². The third-order valence-electron chi connectivity index (χ3n) is 2.78. The van der Waals surface area contributed by atoms with Gasteiger partial charge in [0, 0.05) is 25.1 Å². The molecular formula is C13H17NO5. The third kappa shape index (κ3) is 3.61. The van der Waals surface area contributed by atoms with Gasteiger partial charge in [-0.1, -0.05) is 6.07 Å². The maximum atomic E-state index is 11.4. The maximum Gasteiger partial charge on any atom is 0.311 e. The van der Waals surface area contributed by atoms with Gasteiger partial charge >= 0.3 is 5.97 Å². The first-order valence-corrected chi connectivity index (χ1v) is 5.68. The van der Waals surface area contributed by atoms with Crippen molar-refractivity contribution < 1.29 is 24.2 Å². The van der Waals surface area contributed by atoms with Crippen LogP contribution in [0.3, 0.4) is 0 Å². The average Bonchev–Trinajstić information content (AvgIpc) is 2.43. The molecule has 6 heteroatoms. The fourth-order valence-corrected chi connectivity index (χ4v) is 1.72. The molecule has 1 rings (SSSR count). The lowest BCUT2D eigenvalue weighted by Crippen LogP contribution is -2.24. The number of methoxy groups -OCH3 is 2. The van der Waals surface area contributed by atoms with Gasteiger partial charge in [0.05, 0.1) is 20.1 Å². The van der Waals surface area contributed by atoms with E-state index in [0.717, 1.165) is 0 Å². The van der Waals surface area contributed by atoms with Gasteiger partial charge in [-0.05, 0) is 6.07 Å². The number of nitrogens with one attached hydrogen (secondary N) is 1. The Morgan fingerprint density at radius 2 is 2.00 bits per heavy atom. The van der Waals surface area contributed by atoms with Crippen molar-refractivity contribution in [2.75, 3.05) is 21.3 Å². The summed E-state index contributed by atoms with van der Waals surface area (Å²) in [5.74, 6) is -1.43. The number of carboxylic acids is 1. The van der Waals surface area contributed by atoms with Crippen molar-refractivity contribution in [1.82, 2.24) is 5.32 Å². The zero-order valence-corrected chi connectivity index (χ0v) is 11.1. The van der Waals surface area contributed by atoms with Gasteiger partial charge in [-0.3, -0.25) is 9.59 Å². The van der Waals surface area contributed by atoms with Crippen LogP contribution in [0.2, 0.25) is 0 Å². The Hall–Kier alpha value is -2.24. The van der Waals surface area contributed by atoms with Crippen molar-refractivity contribution in [2.45, 2.75) is 12.3 Å². The molecule has 0 fully saturated rings. The van der Waals surface area contributed by atoms with Crippen LogP contribution in [0, 0.1) is 0 Å². The van der Waals surface area contributed by atoms with Gasteiger partial charge < -0.3 is 19.9 Å². The number of amides is 1. The second kappa shape index (κ2) is 6.63. The van der Waals surface area contributed by atoms with Crippen LogP contribution in [0.1, 0.15) is 17.9 Å². The van der Waals surface area contributed by atoms with Gasteiger partial charge in [-0.2, -0.15) is 0 Å². The summed E-state index contributed by atoms with van der Waals surface area (Å²) in [6.07, 6.45) is -0.144. The molecule has 1 unspecified atom stereocenters. The number of benzene rings is 1. The summed E-state index contributed by atoms with van der Waals surface area (Å²) in [5.41, 5.74) is 0.444. The predicted octanol–water partition coefficient (Wildman–Crippen LogP) is 1.01. The molecule has 19 heavy (non-hydrogen) atoms. The molecule has 0 radical (unpaired) electrons. The summed E-state index contributed by atoms with van der Waals surface area (Å²) in [6, 6.07) is 4.83. The number of carbonyl (C=O) groups is 2. The summed E-state index contributed by atoms with van der Waals surface area (Å²) in [4.78, 5) is 22.7. The predicted molar refractivity (Wildman–Crippen MR) is 68.6 cm³/mol. The van der Waals surface area contributed by atoms with E-state index in [1.807, 2.05) is 0 Å². The first-order valence-electron chi connectivity index (χ1n) is 5.68. The van der Waals surface area contributed by atoms with Crippen LogP contribution in [0.25, 0.3) is 0 Å². The Bertz CT molecular complexity index is 472. The highest BCUT2D eigenvalue weighted by Gasteiger charge is 2.26. The summed E-state index contributed by atoms with van der Waals surface area (Å²) < 4.78 is 10.2. The number of aliphatic carboxylic acids is 1. The van der Waals surface area contributed by atoms with Crippen LogP contribution < -0.4 is 14.8 Å².